The van der Waals surface area contributed by atoms with Gasteiger partial charge in [0.1, 0.15) is 5.69 Å². The normalized spacial score (nSPS) is 12.1. The van der Waals surface area contributed by atoms with Crippen LogP contribution in [0.3, 0.4) is 0 Å². The highest BCUT2D eigenvalue weighted by Gasteiger charge is 2.33. The van der Waals surface area contributed by atoms with E-state index in [-0.39, 0.29) is 35.1 Å². The Hall–Kier alpha value is -4.56. The quantitative estimate of drug-likeness (QED) is 0.231. The first-order valence-corrected chi connectivity index (χ1v) is 9.35. The van der Waals surface area contributed by atoms with Crippen molar-refractivity contribution in [2.24, 2.45) is 10.2 Å². The standard InChI is InChI=1S/C19H17F3N6O6/c1-3-34-18(29)17(26-24-13-5-7-14(8-6-13)27(30)31)11(2)23-25-15-9-4-12(19(20,21)22)10-16(15)28(32)33/h4-10,24-25H,3H2,1-2H3. The summed E-state index contributed by atoms with van der Waals surface area (Å²) in [5, 5.41) is 29.6. The number of alkyl halides is 3. The number of anilines is 2. The maximum absolute atomic E-state index is 12.9. The number of hydrogen-bond donors (Lipinski definition) is 2. The minimum atomic E-state index is -4.78. The van der Waals surface area contributed by atoms with E-state index in [1.54, 1.807) is 0 Å². The Morgan fingerprint density at radius 1 is 1.03 bits per heavy atom. The molecule has 0 saturated heterocycles. The molecule has 2 rings (SSSR count). The molecule has 0 aliphatic rings. The lowest BCUT2D eigenvalue weighted by Gasteiger charge is -2.10. The SMILES string of the molecule is CCOC(=O)C(=NNc1ccc([N+](=O)[O-])cc1)C(C)=NNc1ccc(C(F)(F)F)cc1[N+](=O)[O-]. The number of esters is 1. The molecule has 0 saturated carbocycles. The van der Waals surface area contributed by atoms with Crippen LogP contribution in [0.2, 0.25) is 0 Å². The number of carbonyl (C=O) groups excluding carboxylic acids is 1. The minimum absolute atomic E-state index is 0.0134. The van der Waals surface area contributed by atoms with E-state index >= 15 is 0 Å². The Balaban J connectivity index is 2.33. The average molecular weight is 482 g/mol. The third-order valence-electron chi connectivity index (χ3n) is 4.05. The smallest absolute Gasteiger partial charge is 0.416 e. The fourth-order valence-corrected chi connectivity index (χ4v) is 2.40. The fourth-order valence-electron chi connectivity index (χ4n) is 2.40. The average Bonchev–Trinajstić information content (AvgIpc) is 2.77. The van der Waals surface area contributed by atoms with Gasteiger partial charge in [0.15, 0.2) is 5.71 Å². The van der Waals surface area contributed by atoms with Crippen molar-refractivity contribution in [1.82, 2.24) is 0 Å². The second kappa shape index (κ2) is 10.8. The highest BCUT2D eigenvalue weighted by Crippen LogP contribution is 2.35. The molecule has 0 aromatic heterocycles. The summed E-state index contributed by atoms with van der Waals surface area (Å²) in [6.45, 7) is 2.83. The Morgan fingerprint density at radius 2 is 1.68 bits per heavy atom. The van der Waals surface area contributed by atoms with Crippen LogP contribution >= 0.6 is 0 Å². The van der Waals surface area contributed by atoms with Crippen LogP contribution in [0.15, 0.2) is 52.7 Å². The molecule has 0 amide bonds. The van der Waals surface area contributed by atoms with Gasteiger partial charge >= 0.3 is 12.1 Å². The molecular formula is C19H17F3N6O6. The molecule has 0 atom stereocenters. The second-order valence-corrected chi connectivity index (χ2v) is 6.39. The first-order chi connectivity index (χ1) is 15.9. The maximum atomic E-state index is 12.9. The number of benzene rings is 2. The first-order valence-electron chi connectivity index (χ1n) is 9.35. The molecular weight excluding hydrogens is 465 g/mol. The van der Waals surface area contributed by atoms with Crippen LogP contribution in [0.1, 0.15) is 19.4 Å². The first kappa shape index (κ1) is 25.7. The van der Waals surface area contributed by atoms with E-state index in [0.717, 1.165) is 6.07 Å². The van der Waals surface area contributed by atoms with Crippen LogP contribution in [-0.4, -0.2) is 33.8 Å². The van der Waals surface area contributed by atoms with Crippen molar-refractivity contribution in [3.63, 3.8) is 0 Å². The summed E-state index contributed by atoms with van der Waals surface area (Å²) in [7, 11) is 0. The number of nitro benzene ring substituents is 2. The number of nitro groups is 2. The zero-order valence-corrected chi connectivity index (χ0v) is 17.6. The Labute approximate surface area is 189 Å². The number of carbonyl (C=O) groups is 1. The van der Waals surface area contributed by atoms with Crippen molar-refractivity contribution in [2.45, 2.75) is 20.0 Å². The summed E-state index contributed by atoms with van der Waals surface area (Å²) in [6.07, 6.45) is -4.78. The number of nitrogens with one attached hydrogen (secondary N) is 2. The van der Waals surface area contributed by atoms with E-state index in [9.17, 15) is 38.2 Å². The van der Waals surface area contributed by atoms with Gasteiger partial charge in [-0.1, -0.05) is 0 Å². The molecule has 0 aliphatic heterocycles. The van der Waals surface area contributed by atoms with Gasteiger partial charge in [0.05, 0.1) is 33.4 Å². The molecule has 12 nitrogen and oxygen atoms in total. The van der Waals surface area contributed by atoms with Gasteiger partial charge in [-0.25, -0.2) is 4.79 Å². The van der Waals surface area contributed by atoms with Crippen LogP contribution in [0.5, 0.6) is 0 Å². The second-order valence-electron chi connectivity index (χ2n) is 6.39. The van der Waals surface area contributed by atoms with Gasteiger partial charge in [0.2, 0.25) is 0 Å². The van der Waals surface area contributed by atoms with Gasteiger partial charge in [-0.2, -0.15) is 23.4 Å². The van der Waals surface area contributed by atoms with Crippen molar-refractivity contribution in [1.29, 1.82) is 0 Å². The number of ether oxygens (including phenoxy) is 1. The van der Waals surface area contributed by atoms with Gasteiger partial charge in [-0.15, -0.1) is 0 Å². The lowest BCUT2D eigenvalue weighted by atomic mass is 10.1. The Kier molecular flexibility index (Phi) is 8.20. The Bertz CT molecular complexity index is 1150. The predicted molar refractivity (Wildman–Crippen MR) is 116 cm³/mol. The number of non-ortho nitro benzene ring substituents is 1. The maximum Gasteiger partial charge on any atom is 0.416 e. The molecule has 0 aliphatic carbocycles. The molecule has 0 spiro atoms. The molecule has 2 N–H and O–H groups in total. The summed E-state index contributed by atoms with van der Waals surface area (Å²) in [5.74, 6) is -0.915. The van der Waals surface area contributed by atoms with Crippen molar-refractivity contribution >= 4 is 40.1 Å². The third kappa shape index (κ3) is 6.72. The van der Waals surface area contributed by atoms with E-state index in [0.29, 0.717) is 12.1 Å². The number of halogens is 3. The van der Waals surface area contributed by atoms with Crippen molar-refractivity contribution in [3.05, 3.63) is 68.3 Å². The minimum Gasteiger partial charge on any atom is -0.461 e. The van der Waals surface area contributed by atoms with Gasteiger partial charge in [-0.3, -0.25) is 31.1 Å². The summed E-state index contributed by atoms with van der Waals surface area (Å²) >= 11 is 0. The molecule has 0 bridgehead atoms. The van der Waals surface area contributed by atoms with Gasteiger partial charge in [0.25, 0.3) is 11.4 Å². The van der Waals surface area contributed by atoms with E-state index in [4.69, 9.17) is 4.74 Å². The third-order valence-corrected chi connectivity index (χ3v) is 4.05. The lowest BCUT2D eigenvalue weighted by molar-refractivity contribution is -0.384. The van der Waals surface area contributed by atoms with Gasteiger partial charge in [0, 0.05) is 18.2 Å². The summed E-state index contributed by atoms with van der Waals surface area (Å²) in [6, 6.07) is 6.89. The van der Waals surface area contributed by atoms with Crippen LogP contribution in [0.25, 0.3) is 0 Å². The zero-order chi connectivity index (χ0) is 25.5. The Morgan fingerprint density at radius 3 is 2.21 bits per heavy atom. The molecule has 2 aromatic rings. The van der Waals surface area contributed by atoms with Gasteiger partial charge < -0.3 is 4.74 Å². The lowest BCUT2D eigenvalue weighted by Crippen LogP contribution is -2.26. The largest absolute Gasteiger partial charge is 0.461 e. The van der Waals surface area contributed by atoms with E-state index in [1.807, 2.05) is 0 Å². The molecule has 15 heteroatoms. The van der Waals surface area contributed by atoms with Crippen molar-refractivity contribution < 1.29 is 32.5 Å². The van der Waals surface area contributed by atoms with Gasteiger partial charge in [-0.05, 0) is 38.1 Å². The number of nitrogens with zero attached hydrogens (tertiary/aromatic N) is 4. The molecule has 0 unspecified atom stereocenters. The summed E-state index contributed by atoms with van der Waals surface area (Å²) in [5.41, 5.74) is 1.94. The highest BCUT2D eigenvalue weighted by molar-refractivity contribution is 6.65. The van der Waals surface area contributed by atoms with Crippen LogP contribution < -0.4 is 10.9 Å². The van der Waals surface area contributed by atoms with Crippen LogP contribution in [0, 0.1) is 20.2 Å². The highest BCUT2D eigenvalue weighted by atomic mass is 19.4. The number of rotatable bonds is 9. The van der Waals surface area contributed by atoms with Crippen LogP contribution in [-0.2, 0) is 15.7 Å². The van der Waals surface area contributed by atoms with E-state index < -0.39 is 33.2 Å². The van der Waals surface area contributed by atoms with E-state index in [1.165, 1.54) is 38.1 Å². The fraction of sp³-hybridized carbons (Fsp3) is 0.211. The summed E-state index contributed by atoms with van der Waals surface area (Å²) < 4.78 is 43.4. The molecule has 180 valence electrons. The van der Waals surface area contributed by atoms with E-state index in [2.05, 4.69) is 21.1 Å². The topological polar surface area (TPSA) is 161 Å². The van der Waals surface area contributed by atoms with Crippen LogP contribution in [0.4, 0.5) is 35.9 Å². The number of hydrazone groups is 2. The molecule has 2 aromatic carbocycles. The number of hydrogen-bond acceptors (Lipinski definition) is 10. The molecule has 34 heavy (non-hydrogen) atoms. The van der Waals surface area contributed by atoms with Crippen molar-refractivity contribution in [3.8, 4) is 0 Å². The zero-order valence-electron chi connectivity index (χ0n) is 17.6. The molecule has 0 fully saturated rings. The predicted octanol–water partition coefficient (Wildman–Crippen LogP) is 4.34. The molecule has 0 radical (unpaired) electrons. The monoisotopic (exact) mass is 482 g/mol. The molecule has 0 heterocycles. The van der Waals surface area contributed by atoms with Crippen molar-refractivity contribution in [2.75, 3.05) is 17.5 Å². The summed E-state index contributed by atoms with van der Waals surface area (Å²) in [4.78, 5) is 32.6.